The highest BCUT2D eigenvalue weighted by atomic mass is 16.3. The molecule has 2 rings (SSSR count). The van der Waals surface area contributed by atoms with Gasteiger partial charge in [-0.2, -0.15) is 0 Å². The average Bonchev–Trinajstić information content (AvgIpc) is 2.47. The highest BCUT2D eigenvalue weighted by Crippen LogP contribution is 2.19. The molecule has 0 aromatic heterocycles. The van der Waals surface area contributed by atoms with Gasteiger partial charge in [0.25, 0.3) is 0 Å². The minimum atomic E-state index is -0.0632. The Bertz CT molecular complexity index is 611. The molecule has 21 heavy (non-hydrogen) atoms. The molecule has 0 bridgehead atoms. The molecular formula is C16H19N3O2. The largest absolute Gasteiger partial charge is 0.508 e. The van der Waals surface area contributed by atoms with E-state index in [4.69, 9.17) is 5.73 Å². The van der Waals surface area contributed by atoms with E-state index in [0.717, 1.165) is 11.4 Å². The zero-order chi connectivity index (χ0) is 15.2. The van der Waals surface area contributed by atoms with Crippen LogP contribution in [0.5, 0.6) is 5.75 Å². The second kappa shape index (κ2) is 6.65. The first-order valence-corrected chi connectivity index (χ1v) is 6.70. The molecule has 2 aromatic rings. The van der Waals surface area contributed by atoms with Crippen LogP contribution in [-0.2, 0) is 4.79 Å². The zero-order valence-corrected chi connectivity index (χ0v) is 11.9. The SMILES string of the molecule is CN(CCC(=O)Nc1ccc(N)cc1)c1cccc(O)c1. The lowest BCUT2D eigenvalue weighted by Gasteiger charge is -2.19. The van der Waals surface area contributed by atoms with Crippen LogP contribution in [0.25, 0.3) is 0 Å². The number of carbonyl (C=O) groups excluding carboxylic acids is 1. The van der Waals surface area contributed by atoms with Crippen LogP contribution in [-0.4, -0.2) is 24.6 Å². The van der Waals surface area contributed by atoms with Gasteiger partial charge in [-0.15, -0.1) is 0 Å². The number of nitrogens with two attached hydrogens (primary N) is 1. The number of benzene rings is 2. The van der Waals surface area contributed by atoms with Crippen molar-refractivity contribution in [1.82, 2.24) is 0 Å². The number of nitrogen functional groups attached to an aromatic ring is 1. The summed E-state index contributed by atoms with van der Waals surface area (Å²) in [6.45, 7) is 0.560. The first-order valence-electron chi connectivity index (χ1n) is 6.70. The number of hydrogen-bond donors (Lipinski definition) is 3. The Hall–Kier alpha value is -2.69. The van der Waals surface area contributed by atoms with Gasteiger partial charge in [-0.05, 0) is 36.4 Å². The third kappa shape index (κ3) is 4.42. The third-order valence-electron chi connectivity index (χ3n) is 3.14. The minimum absolute atomic E-state index is 0.0632. The van der Waals surface area contributed by atoms with Gasteiger partial charge in [0.2, 0.25) is 5.91 Å². The van der Waals surface area contributed by atoms with E-state index in [9.17, 15) is 9.90 Å². The Morgan fingerprint density at radius 1 is 1.24 bits per heavy atom. The van der Waals surface area contributed by atoms with E-state index in [2.05, 4.69) is 5.32 Å². The van der Waals surface area contributed by atoms with Crippen molar-refractivity contribution in [3.8, 4) is 5.75 Å². The molecule has 0 aliphatic rings. The predicted octanol–water partition coefficient (Wildman–Crippen LogP) is 2.44. The van der Waals surface area contributed by atoms with Gasteiger partial charge in [-0.3, -0.25) is 4.79 Å². The van der Waals surface area contributed by atoms with E-state index in [-0.39, 0.29) is 11.7 Å². The predicted molar refractivity (Wildman–Crippen MR) is 85.5 cm³/mol. The van der Waals surface area contributed by atoms with E-state index >= 15 is 0 Å². The van der Waals surface area contributed by atoms with Gasteiger partial charge >= 0.3 is 0 Å². The second-order valence-corrected chi connectivity index (χ2v) is 4.86. The fourth-order valence-corrected chi connectivity index (χ4v) is 1.92. The fourth-order valence-electron chi connectivity index (χ4n) is 1.92. The summed E-state index contributed by atoms with van der Waals surface area (Å²) < 4.78 is 0. The third-order valence-corrected chi connectivity index (χ3v) is 3.14. The first-order chi connectivity index (χ1) is 10.0. The van der Waals surface area contributed by atoms with Crippen LogP contribution in [0.15, 0.2) is 48.5 Å². The van der Waals surface area contributed by atoms with Crippen molar-refractivity contribution in [1.29, 1.82) is 0 Å². The minimum Gasteiger partial charge on any atom is -0.508 e. The Morgan fingerprint density at radius 2 is 1.95 bits per heavy atom. The number of phenols is 1. The van der Waals surface area contributed by atoms with Crippen LogP contribution in [0.4, 0.5) is 17.1 Å². The van der Waals surface area contributed by atoms with Crippen LogP contribution >= 0.6 is 0 Å². The molecular weight excluding hydrogens is 266 g/mol. The van der Waals surface area contributed by atoms with Gasteiger partial charge in [0, 0.05) is 43.1 Å². The van der Waals surface area contributed by atoms with Crippen molar-refractivity contribution < 1.29 is 9.90 Å². The Labute approximate surface area is 124 Å². The maximum absolute atomic E-state index is 11.9. The summed E-state index contributed by atoms with van der Waals surface area (Å²) in [4.78, 5) is 13.8. The number of carbonyl (C=O) groups is 1. The molecule has 0 saturated carbocycles. The van der Waals surface area contributed by atoms with Gasteiger partial charge in [0.1, 0.15) is 5.75 Å². The highest BCUT2D eigenvalue weighted by Gasteiger charge is 2.06. The van der Waals surface area contributed by atoms with E-state index < -0.39 is 0 Å². The van der Waals surface area contributed by atoms with Crippen LogP contribution in [0.1, 0.15) is 6.42 Å². The number of phenolic OH excluding ortho intramolecular Hbond substituents is 1. The first kappa shape index (κ1) is 14.7. The summed E-state index contributed by atoms with van der Waals surface area (Å²) in [7, 11) is 1.88. The van der Waals surface area contributed by atoms with Gasteiger partial charge in [0.15, 0.2) is 0 Å². The smallest absolute Gasteiger partial charge is 0.226 e. The monoisotopic (exact) mass is 285 g/mol. The summed E-state index contributed by atoms with van der Waals surface area (Å²) in [5, 5.41) is 12.3. The number of rotatable bonds is 5. The molecule has 0 spiro atoms. The number of anilines is 3. The Kier molecular flexibility index (Phi) is 4.66. The Balaban J connectivity index is 1.84. The summed E-state index contributed by atoms with van der Waals surface area (Å²) in [5.74, 6) is 0.150. The number of nitrogens with one attached hydrogen (secondary N) is 1. The van der Waals surface area contributed by atoms with E-state index in [1.165, 1.54) is 0 Å². The molecule has 0 saturated heterocycles. The summed E-state index contributed by atoms with van der Waals surface area (Å²) in [6, 6.07) is 14.0. The maximum Gasteiger partial charge on any atom is 0.226 e. The molecule has 0 fully saturated rings. The van der Waals surface area contributed by atoms with E-state index in [1.54, 1.807) is 42.5 Å². The number of amides is 1. The van der Waals surface area contributed by atoms with Crippen LogP contribution < -0.4 is 16.0 Å². The van der Waals surface area contributed by atoms with Crippen molar-refractivity contribution in [3.63, 3.8) is 0 Å². The normalized spacial score (nSPS) is 10.1. The van der Waals surface area contributed by atoms with Crippen LogP contribution in [0, 0.1) is 0 Å². The Morgan fingerprint density at radius 3 is 2.62 bits per heavy atom. The number of nitrogens with zero attached hydrogens (tertiary/aromatic N) is 1. The van der Waals surface area contributed by atoms with Gasteiger partial charge in [0.05, 0.1) is 0 Å². The zero-order valence-electron chi connectivity index (χ0n) is 11.9. The summed E-state index contributed by atoms with van der Waals surface area (Å²) in [6.07, 6.45) is 0.358. The lowest BCUT2D eigenvalue weighted by atomic mass is 10.2. The average molecular weight is 285 g/mol. The van der Waals surface area contributed by atoms with Gasteiger partial charge in [-0.25, -0.2) is 0 Å². The molecule has 0 atom stereocenters. The summed E-state index contributed by atoms with van der Waals surface area (Å²) in [5.41, 5.74) is 7.86. The summed E-state index contributed by atoms with van der Waals surface area (Å²) >= 11 is 0. The van der Waals surface area contributed by atoms with Crippen LogP contribution in [0.2, 0.25) is 0 Å². The van der Waals surface area contributed by atoms with Crippen molar-refractivity contribution >= 4 is 23.0 Å². The van der Waals surface area contributed by atoms with Crippen LogP contribution in [0.3, 0.4) is 0 Å². The fraction of sp³-hybridized carbons (Fsp3) is 0.188. The molecule has 1 amide bonds. The highest BCUT2D eigenvalue weighted by molar-refractivity contribution is 5.91. The lowest BCUT2D eigenvalue weighted by molar-refractivity contribution is -0.116. The lowest BCUT2D eigenvalue weighted by Crippen LogP contribution is -2.23. The molecule has 2 aromatic carbocycles. The maximum atomic E-state index is 11.9. The molecule has 0 aliphatic carbocycles. The van der Waals surface area contributed by atoms with Crippen molar-refractivity contribution in [3.05, 3.63) is 48.5 Å². The molecule has 110 valence electrons. The number of aromatic hydroxyl groups is 1. The molecule has 5 nitrogen and oxygen atoms in total. The standard InChI is InChI=1S/C16H19N3O2/c1-19(14-3-2-4-15(20)11-14)10-9-16(21)18-13-7-5-12(17)6-8-13/h2-8,11,20H,9-10,17H2,1H3,(H,18,21). The second-order valence-electron chi connectivity index (χ2n) is 4.86. The van der Waals surface area contributed by atoms with E-state index in [1.807, 2.05) is 18.0 Å². The van der Waals surface area contributed by atoms with E-state index in [0.29, 0.717) is 18.7 Å². The van der Waals surface area contributed by atoms with Crippen molar-refractivity contribution in [2.24, 2.45) is 0 Å². The van der Waals surface area contributed by atoms with Crippen molar-refractivity contribution in [2.75, 3.05) is 29.5 Å². The van der Waals surface area contributed by atoms with Crippen molar-refractivity contribution in [2.45, 2.75) is 6.42 Å². The molecule has 0 unspecified atom stereocenters. The molecule has 0 aliphatic heterocycles. The van der Waals surface area contributed by atoms with Gasteiger partial charge in [-0.1, -0.05) is 6.07 Å². The molecule has 0 heterocycles. The molecule has 4 N–H and O–H groups in total. The number of hydrogen-bond acceptors (Lipinski definition) is 4. The quantitative estimate of drug-likeness (QED) is 0.737. The van der Waals surface area contributed by atoms with Gasteiger partial charge < -0.3 is 21.1 Å². The topological polar surface area (TPSA) is 78.6 Å². The molecule has 5 heteroatoms. The molecule has 0 radical (unpaired) electrons.